The van der Waals surface area contributed by atoms with Crippen LogP contribution in [0.3, 0.4) is 0 Å². The van der Waals surface area contributed by atoms with E-state index in [9.17, 15) is 0 Å². The minimum atomic E-state index is 0.196. The van der Waals surface area contributed by atoms with Gasteiger partial charge in [0.1, 0.15) is 11.6 Å². The molecule has 0 bridgehead atoms. The molecule has 2 N–H and O–H groups in total. The van der Waals surface area contributed by atoms with Crippen LogP contribution in [0.25, 0.3) is 0 Å². The number of aliphatic hydroxyl groups excluding tert-OH is 1. The van der Waals surface area contributed by atoms with Crippen molar-refractivity contribution in [3.05, 3.63) is 17.6 Å². The molecule has 0 aliphatic heterocycles. The number of aromatic nitrogens is 2. The lowest BCUT2D eigenvalue weighted by molar-refractivity contribution is 0.0920. The van der Waals surface area contributed by atoms with E-state index in [2.05, 4.69) is 20.2 Å². The van der Waals surface area contributed by atoms with Gasteiger partial charge in [-0.1, -0.05) is 6.42 Å². The van der Waals surface area contributed by atoms with Gasteiger partial charge in [-0.15, -0.1) is 0 Å². The molecule has 1 aromatic rings. The Labute approximate surface area is 108 Å². The topological polar surface area (TPSA) is 61.3 Å². The van der Waals surface area contributed by atoms with Gasteiger partial charge < -0.3 is 10.4 Å². The zero-order valence-corrected chi connectivity index (χ0v) is 11.2. The van der Waals surface area contributed by atoms with Crippen LogP contribution in [0.15, 0.2) is 6.07 Å². The summed E-state index contributed by atoms with van der Waals surface area (Å²) in [4.78, 5) is 11.2. The van der Waals surface area contributed by atoms with Gasteiger partial charge in [-0.3, -0.25) is 4.90 Å². The second-order valence-electron chi connectivity index (χ2n) is 4.84. The molecule has 0 spiro atoms. The molecule has 5 nitrogen and oxygen atoms in total. The van der Waals surface area contributed by atoms with Crippen LogP contribution in [0.1, 0.15) is 30.8 Å². The monoisotopic (exact) mass is 250 g/mol. The van der Waals surface area contributed by atoms with Crippen molar-refractivity contribution in [2.24, 2.45) is 0 Å². The molecule has 2 rings (SSSR count). The predicted molar refractivity (Wildman–Crippen MR) is 71.5 cm³/mol. The van der Waals surface area contributed by atoms with Crippen LogP contribution >= 0.6 is 0 Å². The molecule has 0 aromatic carbocycles. The van der Waals surface area contributed by atoms with Crippen molar-refractivity contribution in [2.45, 2.75) is 38.8 Å². The van der Waals surface area contributed by atoms with Crippen LogP contribution in [0.5, 0.6) is 0 Å². The minimum Gasteiger partial charge on any atom is -0.395 e. The fourth-order valence-electron chi connectivity index (χ4n) is 2.28. The summed E-state index contributed by atoms with van der Waals surface area (Å²) in [5, 5.41) is 12.2. The zero-order chi connectivity index (χ0) is 13.0. The summed E-state index contributed by atoms with van der Waals surface area (Å²) in [6.07, 6.45) is 3.75. The fraction of sp³-hybridized carbons (Fsp3) is 0.692. The highest BCUT2D eigenvalue weighted by Crippen LogP contribution is 2.25. The number of nitrogens with zero attached hydrogens (tertiary/aromatic N) is 3. The highest BCUT2D eigenvalue weighted by Gasteiger charge is 2.25. The Hall–Kier alpha value is -1.20. The first-order chi connectivity index (χ1) is 8.72. The number of nitrogens with one attached hydrogen (secondary N) is 1. The number of hydrogen-bond donors (Lipinski definition) is 2. The number of anilines is 1. The molecular weight excluding hydrogens is 228 g/mol. The molecule has 0 radical (unpaired) electrons. The van der Waals surface area contributed by atoms with Crippen LogP contribution in [0, 0.1) is 6.92 Å². The summed E-state index contributed by atoms with van der Waals surface area (Å²) in [6, 6.07) is 2.53. The molecule has 1 saturated carbocycles. The van der Waals surface area contributed by atoms with E-state index in [1.807, 2.05) is 20.0 Å². The Morgan fingerprint density at radius 3 is 2.78 bits per heavy atom. The number of aryl methyl sites for hydroxylation is 1. The van der Waals surface area contributed by atoms with Gasteiger partial charge in [0.2, 0.25) is 0 Å². The summed E-state index contributed by atoms with van der Waals surface area (Å²) < 4.78 is 0. The summed E-state index contributed by atoms with van der Waals surface area (Å²) in [7, 11) is 1.86. The first-order valence-electron chi connectivity index (χ1n) is 6.60. The van der Waals surface area contributed by atoms with Crippen molar-refractivity contribution >= 4 is 5.82 Å². The van der Waals surface area contributed by atoms with E-state index in [-0.39, 0.29) is 6.61 Å². The second kappa shape index (κ2) is 6.11. The third kappa shape index (κ3) is 3.17. The molecular formula is C13H22N4O. The maximum absolute atomic E-state index is 9.14. The highest BCUT2D eigenvalue weighted by molar-refractivity contribution is 5.34. The SMILES string of the molecule is CNc1cc(C)nc(CN(CCO)C2CCC2)n1. The van der Waals surface area contributed by atoms with Crippen LogP contribution in [-0.4, -0.2) is 46.2 Å². The molecule has 1 aromatic heterocycles. The predicted octanol–water partition coefficient (Wildman–Crippen LogP) is 1.17. The molecule has 1 aliphatic carbocycles. The van der Waals surface area contributed by atoms with Crippen LogP contribution < -0.4 is 5.32 Å². The van der Waals surface area contributed by atoms with Crippen LogP contribution in [0.4, 0.5) is 5.82 Å². The standard InChI is InChI=1S/C13H22N4O/c1-10-8-12(14-2)16-13(15-10)9-17(6-7-18)11-4-3-5-11/h8,11,18H,3-7,9H2,1-2H3,(H,14,15,16). The Bertz CT molecular complexity index is 393. The third-order valence-electron chi connectivity index (χ3n) is 3.48. The second-order valence-corrected chi connectivity index (χ2v) is 4.84. The van der Waals surface area contributed by atoms with E-state index in [4.69, 9.17) is 5.11 Å². The molecule has 18 heavy (non-hydrogen) atoms. The lowest BCUT2D eigenvalue weighted by Gasteiger charge is -2.36. The van der Waals surface area contributed by atoms with Gasteiger partial charge >= 0.3 is 0 Å². The van der Waals surface area contributed by atoms with Gasteiger partial charge in [-0.2, -0.15) is 0 Å². The molecule has 0 atom stereocenters. The largest absolute Gasteiger partial charge is 0.395 e. The Morgan fingerprint density at radius 1 is 1.44 bits per heavy atom. The van der Waals surface area contributed by atoms with Crippen molar-refractivity contribution in [3.8, 4) is 0 Å². The van der Waals surface area contributed by atoms with Crippen molar-refractivity contribution in [2.75, 3.05) is 25.5 Å². The van der Waals surface area contributed by atoms with Gasteiger partial charge in [0.25, 0.3) is 0 Å². The smallest absolute Gasteiger partial charge is 0.144 e. The summed E-state index contributed by atoms with van der Waals surface area (Å²) in [6.45, 7) is 3.60. The molecule has 1 heterocycles. The Balaban J connectivity index is 2.07. The fourth-order valence-corrected chi connectivity index (χ4v) is 2.28. The van der Waals surface area contributed by atoms with E-state index in [0.29, 0.717) is 12.6 Å². The molecule has 0 amide bonds. The van der Waals surface area contributed by atoms with Crippen LogP contribution in [-0.2, 0) is 6.54 Å². The Morgan fingerprint density at radius 2 is 2.22 bits per heavy atom. The lowest BCUT2D eigenvalue weighted by atomic mass is 9.91. The van der Waals surface area contributed by atoms with E-state index >= 15 is 0 Å². The number of aliphatic hydroxyl groups is 1. The van der Waals surface area contributed by atoms with Gasteiger partial charge in [-0.05, 0) is 19.8 Å². The lowest BCUT2D eigenvalue weighted by Crippen LogP contribution is -2.41. The minimum absolute atomic E-state index is 0.196. The zero-order valence-electron chi connectivity index (χ0n) is 11.2. The first-order valence-corrected chi connectivity index (χ1v) is 6.60. The molecule has 0 unspecified atom stereocenters. The average molecular weight is 250 g/mol. The molecule has 5 heteroatoms. The Kier molecular flexibility index (Phi) is 4.49. The molecule has 0 saturated heterocycles. The van der Waals surface area contributed by atoms with E-state index in [0.717, 1.165) is 23.9 Å². The maximum atomic E-state index is 9.14. The van der Waals surface area contributed by atoms with Crippen molar-refractivity contribution in [1.29, 1.82) is 0 Å². The van der Waals surface area contributed by atoms with Gasteiger partial charge in [0, 0.05) is 31.4 Å². The normalized spacial score (nSPS) is 15.8. The van der Waals surface area contributed by atoms with E-state index in [1.165, 1.54) is 19.3 Å². The maximum Gasteiger partial charge on any atom is 0.144 e. The van der Waals surface area contributed by atoms with Gasteiger partial charge in [0.15, 0.2) is 0 Å². The summed E-state index contributed by atoms with van der Waals surface area (Å²) >= 11 is 0. The van der Waals surface area contributed by atoms with Crippen molar-refractivity contribution < 1.29 is 5.11 Å². The summed E-state index contributed by atoms with van der Waals surface area (Å²) in [5.74, 6) is 1.69. The van der Waals surface area contributed by atoms with E-state index in [1.54, 1.807) is 0 Å². The highest BCUT2D eigenvalue weighted by atomic mass is 16.3. The third-order valence-corrected chi connectivity index (χ3v) is 3.48. The number of hydrogen-bond acceptors (Lipinski definition) is 5. The van der Waals surface area contributed by atoms with Crippen molar-refractivity contribution in [3.63, 3.8) is 0 Å². The molecule has 100 valence electrons. The van der Waals surface area contributed by atoms with Crippen LogP contribution in [0.2, 0.25) is 0 Å². The first kappa shape index (κ1) is 13.2. The number of rotatable bonds is 6. The van der Waals surface area contributed by atoms with Gasteiger partial charge in [0.05, 0.1) is 13.2 Å². The average Bonchev–Trinajstić information content (AvgIpc) is 2.26. The molecule has 1 aliphatic rings. The van der Waals surface area contributed by atoms with Gasteiger partial charge in [-0.25, -0.2) is 9.97 Å². The molecule has 1 fully saturated rings. The van der Waals surface area contributed by atoms with E-state index < -0.39 is 0 Å². The van der Waals surface area contributed by atoms with Crippen molar-refractivity contribution in [1.82, 2.24) is 14.9 Å². The summed E-state index contributed by atoms with van der Waals surface area (Å²) in [5.41, 5.74) is 0.974. The quantitative estimate of drug-likeness (QED) is 0.793.